The lowest BCUT2D eigenvalue weighted by molar-refractivity contribution is -0.126. The molecule has 3 atom stereocenters. The molecule has 1 aliphatic heterocycles. The number of likely N-dealkylation sites (tertiary alicyclic amines) is 1. The van der Waals surface area contributed by atoms with Gasteiger partial charge in [0.25, 0.3) is 0 Å². The van der Waals surface area contributed by atoms with Gasteiger partial charge in [0.2, 0.25) is 0 Å². The number of Topliss-reactive ketones (excluding diaryl/α,β-unsaturated/α-hetero) is 1. The van der Waals surface area contributed by atoms with Gasteiger partial charge in [0, 0.05) is 24.3 Å². The second-order valence-electron chi connectivity index (χ2n) is 6.86. The van der Waals surface area contributed by atoms with Gasteiger partial charge in [0.15, 0.2) is 0 Å². The van der Waals surface area contributed by atoms with Crippen molar-refractivity contribution in [3.8, 4) is 5.75 Å². The maximum atomic E-state index is 12.1. The molecule has 1 aromatic carbocycles. The van der Waals surface area contributed by atoms with Gasteiger partial charge in [0.1, 0.15) is 11.5 Å². The Morgan fingerprint density at radius 3 is 3.10 bits per heavy atom. The van der Waals surface area contributed by atoms with E-state index in [-0.39, 0.29) is 5.41 Å². The minimum atomic E-state index is -0.00116. The second kappa shape index (κ2) is 4.08. The number of fused-ring (bicyclic) bond motifs is 1. The van der Waals surface area contributed by atoms with Crippen LogP contribution >= 0.6 is 0 Å². The van der Waals surface area contributed by atoms with E-state index in [1.165, 1.54) is 11.1 Å². The molecule has 1 heterocycles. The van der Waals surface area contributed by atoms with Crippen molar-refractivity contribution in [3.05, 3.63) is 29.3 Å². The van der Waals surface area contributed by atoms with E-state index in [4.69, 9.17) is 0 Å². The highest BCUT2D eigenvalue weighted by atomic mass is 16.3. The highest BCUT2D eigenvalue weighted by Crippen LogP contribution is 2.55. The zero-order valence-corrected chi connectivity index (χ0v) is 11.9. The molecule has 3 aliphatic rings. The smallest absolute Gasteiger partial charge is 0.133 e. The van der Waals surface area contributed by atoms with Crippen LogP contribution in [0.2, 0.25) is 0 Å². The van der Waals surface area contributed by atoms with E-state index in [9.17, 15) is 9.90 Å². The summed E-state index contributed by atoms with van der Waals surface area (Å²) in [6.45, 7) is 1.06. The molecule has 0 aromatic heterocycles. The van der Waals surface area contributed by atoms with Crippen molar-refractivity contribution in [1.29, 1.82) is 0 Å². The number of ketones is 1. The van der Waals surface area contributed by atoms with E-state index >= 15 is 0 Å². The monoisotopic (exact) mass is 271 g/mol. The number of aromatic hydroxyl groups is 1. The number of carbonyl (C=O) groups is 1. The number of nitrogens with zero attached hydrogens (tertiary/aromatic N) is 1. The molecule has 1 aromatic rings. The van der Waals surface area contributed by atoms with E-state index in [0.29, 0.717) is 29.9 Å². The molecule has 3 nitrogen and oxygen atoms in total. The Morgan fingerprint density at radius 2 is 2.25 bits per heavy atom. The molecule has 1 saturated heterocycles. The summed E-state index contributed by atoms with van der Waals surface area (Å²) in [7, 11) is 2.22. The normalized spacial score (nSPS) is 36.4. The molecule has 1 N–H and O–H groups in total. The van der Waals surface area contributed by atoms with Crippen molar-refractivity contribution >= 4 is 5.78 Å². The molecular formula is C17H21NO2. The fourth-order valence-electron chi connectivity index (χ4n) is 5.01. The van der Waals surface area contributed by atoms with Gasteiger partial charge < -0.3 is 10.0 Å². The van der Waals surface area contributed by atoms with Crippen LogP contribution in [0.3, 0.4) is 0 Å². The van der Waals surface area contributed by atoms with Crippen LogP contribution in [0.4, 0.5) is 0 Å². The number of hydrogen-bond donors (Lipinski definition) is 1. The minimum Gasteiger partial charge on any atom is -0.508 e. The van der Waals surface area contributed by atoms with E-state index < -0.39 is 0 Å². The summed E-state index contributed by atoms with van der Waals surface area (Å²) in [5.41, 5.74) is 2.60. The SMILES string of the molecule is CN1CC[C@]23CC(=O)CC[C@@H]2[C@@H]1Cc1ccc(O)cc13. The molecule has 106 valence electrons. The standard InChI is InChI=1S/C17H21NO2/c1-18-7-6-17-10-13(20)4-5-14(17)16(18)8-11-2-3-12(19)9-15(11)17/h2-3,9,14,16,19H,4-8,10H2,1H3/t14-,16+,17+/m1/s1. The molecule has 2 aliphatic carbocycles. The third-order valence-electron chi connectivity index (χ3n) is 5.96. The predicted octanol–water partition coefficient (Wildman–Crippen LogP) is 2.26. The molecule has 4 rings (SSSR count). The summed E-state index contributed by atoms with van der Waals surface area (Å²) < 4.78 is 0. The lowest BCUT2D eigenvalue weighted by Crippen LogP contribution is -2.60. The van der Waals surface area contributed by atoms with Crippen LogP contribution in [0.15, 0.2) is 18.2 Å². The molecule has 0 unspecified atom stereocenters. The van der Waals surface area contributed by atoms with Crippen LogP contribution in [-0.2, 0) is 16.6 Å². The summed E-state index contributed by atoms with van der Waals surface area (Å²) >= 11 is 0. The van der Waals surface area contributed by atoms with Gasteiger partial charge in [-0.1, -0.05) is 6.07 Å². The molecule has 0 amide bonds. The molecule has 3 heteroatoms. The molecular weight excluding hydrogens is 250 g/mol. The molecule has 2 fully saturated rings. The maximum Gasteiger partial charge on any atom is 0.133 e. The average molecular weight is 271 g/mol. The predicted molar refractivity (Wildman–Crippen MR) is 76.9 cm³/mol. The van der Waals surface area contributed by atoms with E-state index in [2.05, 4.69) is 18.0 Å². The van der Waals surface area contributed by atoms with Gasteiger partial charge in [-0.05, 0) is 62.0 Å². The third-order valence-corrected chi connectivity index (χ3v) is 5.96. The average Bonchev–Trinajstić information content (AvgIpc) is 2.43. The van der Waals surface area contributed by atoms with Crippen LogP contribution in [-0.4, -0.2) is 35.4 Å². The summed E-state index contributed by atoms with van der Waals surface area (Å²) in [4.78, 5) is 14.6. The molecule has 0 spiro atoms. The van der Waals surface area contributed by atoms with Crippen molar-refractivity contribution < 1.29 is 9.90 Å². The van der Waals surface area contributed by atoms with Crippen LogP contribution in [0, 0.1) is 5.92 Å². The van der Waals surface area contributed by atoms with Gasteiger partial charge in [-0.3, -0.25) is 4.79 Å². The molecule has 0 radical (unpaired) electrons. The quantitative estimate of drug-likeness (QED) is 0.787. The summed E-state index contributed by atoms with van der Waals surface area (Å²) in [6.07, 6.45) is 4.55. The first-order valence-electron chi connectivity index (χ1n) is 7.64. The van der Waals surface area contributed by atoms with Crippen molar-refractivity contribution in [2.45, 2.75) is 43.6 Å². The topological polar surface area (TPSA) is 40.5 Å². The first kappa shape index (κ1) is 12.4. The Kier molecular flexibility index (Phi) is 2.53. The van der Waals surface area contributed by atoms with Gasteiger partial charge in [-0.2, -0.15) is 0 Å². The maximum absolute atomic E-state index is 12.1. The zero-order valence-electron chi connectivity index (χ0n) is 11.9. The molecule has 20 heavy (non-hydrogen) atoms. The molecule has 2 bridgehead atoms. The largest absolute Gasteiger partial charge is 0.508 e. The Labute approximate surface area is 119 Å². The first-order chi connectivity index (χ1) is 9.60. The van der Waals surface area contributed by atoms with Crippen LogP contribution in [0.5, 0.6) is 5.75 Å². The minimum absolute atomic E-state index is 0.00116. The van der Waals surface area contributed by atoms with Crippen LogP contribution in [0.25, 0.3) is 0 Å². The number of likely N-dealkylation sites (N-methyl/N-ethyl adjacent to an activating group) is 1. The summed E-state index contributed by atoms with van der Waals surface area (Å²) in [5.74, 6) is 1.32. The summed E-state index contributed by atoms with van der Waals surface area (Å²) in [5, 5.41) is 9.89. The number of rotatable bonds is 0. The van der Waals surface area contributed by atoms with Gasteiger partial charge in [0.05, 0.1) is 0 Å². The first-order valence-corrected chi connectivity index (χ1v) is 7.64. The number of carbonyl (C=O) groups excluding carboxylic acids is 1. The van der Waals surface area contributed by atoms with Crippen molar-refractivity contribution in [3.63, 3.8) is 0 Å². The van der Waals surface area contributed by atoms with Gasteiger partial charge in [-0.25, -0.2) is 0 Å². The fourth-order valence-corrected chi connectivity index (χ4v) is 5.01. The number of benzene rings is 1. The van der Waals surface area contributed by atoms with Crippen LogP contribution < -0.4 is 0 Å². The molecule has 1 saturated carbocycles. The Balaban J connectivity index is 1.92. The Bertz CT molecular complexity index is 582. The van der Waals surface area contributed by atoms with E-state index in [0.717, 1.165) is 32.2 Å². The Morgan fingerprint density at radius 1 is 1.40 bits per heavy atom. The lowest BCUT2D eigenvalue weighted by Gasteiger charge is -2.58. The Hall–Kier alpha value is -1.35. The summed E-state index contributed by atoms with van der Waals surface area (Å²) in [6, 6.07) is 6.35. The van der Waals surface area contributed by atoms with Gasteiger partial charge in [-0.15, -0.1) is 0 Å². The van der Waals surface area contributed by atoms with Crippen molar-refractivity contribution in [2.24, 2.45) is 5.92 Å². The number of piperidine rings is 1. The number of phenolic OH excluding ortho intramolecular Hbond substituents is 1. The fraction of sp³-hybridized carbons (Fsp3) is 0.588. The van der Waals surface area contributed by atoms with Crippen molar-refractivity contribution in [2.75, 3.05) is 13.6 Å². The number of hydrogen-bond acceptors (Lipinski definition) is 3. The van der Waals surface area contributed by atoms with Gasteiger partial charge >= 0.3 is 0 Å². The van der Waals surface area contributed by atoms with E-state index in [1.807, 2.05) is 6.07 Å². The second-order valence-corrected chi connectivity index (χ2v) is 6.86. The highest BCUT2D eigenvalue weighted by Gasteiger charge is 2.54. The third kappa shape index (κ3) is 1.53. The van der Waals surface area contributed by atoms with E-state index in [1.54, 1.807) is 6.07 Å². The van der Waals surface area contributed by atoms with Crippen LogP contribution in [0.1, 0.15) is 36.8 Å². The number of phenols is 1. The zero-order chi connectivity index (χ0) is 13.9. The van der Waals surface area contributed by atoms with Crippen molar-refractivity contribution in [1.82, 2.24) is 4.90 Å². The lowest BCUT2D eigenvalue weighted by atomic mass is 9.52. The highest BCUT2D eigenvalue weighted by molar-refractivity contribution is 5.81.